The highest BCUT2D eigenvalue weighted by molar-refractivity contribution is 9.10. The Morgan fingerprint density at radius 1 is 1.05 bits per heavy atom. The summed E-state index contributed by atoms with van der Waals surface area (Å²) >= 11 is 21.8. The molecule has 0 aliphatic heterocycles. The number of halogens is 4. The van der Waals surface area contributed by atoms with E-state index in [9.17, 15) is 0 Å². The normalized spacial score (nSPS) is 12.3. The quantitative estimate of drug-likeness (QED) is 0.560. The van der Waals surface area contributed by atoms with Crippen molar-refractivity contribution in [1.29, 1.82) is 0 Å². The third-order valence-electron chi connectivity index (χ3n) is 3.07. The summed E-state index contributed by atoms with van der Waals surface area (Å²) in [5.74, 6) is 0. The fraction of sp³-hybridized carbons (Fsp3) is 0.200. The van der Waals surface area contributed by atoms with Gasteiger partial charge in [0.05, 0.1) is 21.1 Å². The monoisotopic (exact) mass is 391 g/mol. The lowest BCUT2D eigenvalue weighted by Gasteiger charge is -2.18. The predicted molar refractivity (Wildman–Crippen MR) is 92.4 cm³/mol. The van der Waals surface area contributed by atoms with Gasteiger partial charge >= 0.3 is 0 Å². The molecule has 0 spiro atoms. The number of benzene rings is 2. The molecule has 2 aromatic carbocycles. The van der Waals surface area contributed by atoms with Crippen LogP contribution in [0, 0.1) is 6.92 Å². The minimum Gasteiger partial charge on any atom is -0.378 e. The average molecular weight is 394 g/mol. The zero-order valence-corrected chi connectivity index (χ0v) is 14.8. The van der Waals surface area contributed by atoms with E-state index in [-0.39, 0.29) is 6.04 Å². The molecule has 1 N–H and O–H groups in total. The summed E-state index contributed by atoms with van der Waals surface area (Å²) in [4.78, 5) is 0. The van der Waals surface area contributed by atoms with Crippen molar-refractivity contribution < 1.29 is 0 Å². The molecule has 0 heterocycles. The number of rotatable bonds is 3. The summed E-state index contributed by atoms with van der Waals surface area (Å²) < 4.78 is 1.09. The van der Waals surface area contributed by atoms with Gasteiger partial charge in [-0.15, -0.1) is 0 Å². The van der Waals surface area contributed by atoms with E-state index in [1.807, 2.05) is 32.0 Å². The van der Waals surface area contributed by atoms with Crippen LogP contribution in [-0.2, 0) is 0 Å². The minimum atomic E-state index is 0.0258. The van der Waals surface area contributed by atoms with Gasteiger partial charge in [0.2, 0.25) is 0 Å². The van der Waals surface area contributed by atoms with Crippen molar-refractivity contribution in [1.82, 2.24) is 0 Å². The number of aryl methyl sites for hydroxylation is 1. The zero-order chi connectivity index (χ0) is 14.9. The van der Waals surface area contributed by atoms with Crippen LogP contribution in [-0.4, -0.2) is 0 Å². The maximum atomic E-state index is 6.25. The smallest absolute Gasteiger partial charge is 0.0782 e. The molecule has 0 radical (unpaired) electrons. The van der Waals surface area contributed by atoms with Crippen molar-refractivity contribution in [2.75, 3.05) is 5.32 Å². The lowest BCUT2D eigenvalue weighted by atomic mass is 10.1. The number of hydrogen-bond acceptors (Lipinski definition) is 1. The Balaban J connectivity index is 2.26. The first-order valence-electron chi connectivity index (χ1n) is 6.06. The molecule has 0 aromatic heterocycles. The maximum absolute atomic E-state index is 6.25. The van der Waals surface area contributed by atoms with E-state index in [4.69, 9.17) is 34.8 Å². The highest BCUT2D eigenvalue weighted by Gasteiger charge is 2.14. The van der Waals surface area contributed by atoms with Crippen LogP contribution in [0.5, 0.6) is 0 Å². The molecule has 5 heteroatoms. The molecular formula is C15H13BrCl3N. The Morgan fingerprint density at radius 3 is 2.40 bits per heavy atom. The van der Waals surface area contributed by atoms with Crippen molar-refractivity contribution >= 4 is 56.4 Å². The Morgan fingerprint density at radius 2 is 1.75 bits per heavy atom. The van der Waals surface area contributed by atoms with Gasteiger partial charge in [-0.3, -0.25) is 0 Å². The molecule has 0 bridgehead atoms. The van der Waals surface area contributed by atoms with Gasteiger partial charge in [-0.2, -0.15) is 0 Å². The molecule has 2 rings (SSSR count). The average Bonchev–Trinajstić information content (AvgIpc) is 2.40. The van der Waals surface area contributed by atoms with Crippen LogP contribution in [0.1, 0.15) is 24.1 Å². The topological polar surface area (TPSA) is 12.0 Å². The summed E-state index contributed by atoms with van der Waals surface area (Å²) in [5.41, 5.74) is 3.12. The summed E-state index contributed by atoms with van der Waals surface area (Å²) in [5, 5.41) is 4.76. The van der Waals surface area contributed by atoms with Crippen LogP contribution in [0.4, 0.5) is 5.69 Å². The molecule has 0 aliphatic rings. The zero-order valence-electron chi connectivity index (χ0n) is 11.0. The highest BCUT2D eigenvalue weighted by atomic mass is 79.9. The second-order valence-corrected chi connectivity index (χ2v) is 6.61. The molecule has 1 unspecified atom stereocenters. The van der Waals surface area contributed by atoms with E-state index < -0.39 is 0 Å². The van der Waals surface area contributed by atoms with E-state index >= 15 is 0 Å². The lowest BCUT2D eigenvalue weighted by molar-refractivity contribution is 0.885. The van der Waals surface area contributed by atoms with Crippen LogP contribution in [0.15, 0.2) is 34.8 Å². The third kappa shape index (κ3) is 3.43. The molecule has 0 aliphatic carbocycles. The van der Waals surface area contributed by atoms with Gasteiger partial charge in [-0.25, -0.2) is 0 Å². The van der Waals surface area contributed by atoms with Crippen LogP contribution in [0.2, 0.25) is 15.1 Å². The van der Waals surface area contributed by atoms with Gasteiger partial charge in [0.1, 0.15) is 0 Å². The van der Waals surface area contributed by atoms with Gasteiger partial charge in [0.15, 0.2) is 0 Å². The van der Waals surface area contributed by atoms with Crippen LogP contribution < -0.4 is 5.32 Å². The molecule has 1 atom stereocenters. The van der Waals surface area contributed by atoms with Crippen LogP contribution in [0.25, 0.3) is 0 Å². The molecule has 0 amide bonds. The van der Waals surface area contributed by atoms with Crippen LogP contribution >= 0.6 is 50.7 Å². The molecule has 0 fully saturated rings. The molecule has 0 saturated carbocycles. The van der Waals surface area contributed by atoms with Gasteiger partial charge in [-0.1, -0.05) is 56.8 Å². The first-order chi connectivity index (χ1) is 9.40. The van der Waals surface area contributed by atoms with Gasteiger partial charge < -0.3 is 5.32 Å². The number of anilines is 1. The number of nitrogens with one attached hydrogen (secondary N) is 1. The lowest BCUT2D eigenvalue weighted by Crippen LogP contribution is -2.07. The van der Waals surface area contributed by atoms with E-state index in [1.54, 1.807) is 6.07 Å². The first-order valence-corrected chi connectivity index (χ1v) is 7.99. The molecule has 0 saturated heterocycles. The van der Waals surface area contributed by atoms with Gasteiger partial charge in [0, 0.05) is 10.2 Å². The van der Waals surface area contributed by atoms with Gasteiger partial charge in [0.25, 0.3) is 0 Å². The third-order valence-corrected chi connectivity index (χ3v) is 5.27. The summed E-state index contributed by atoms with van der Waals surface area (Å²) in [6, 6.07) is 9.78. The van der Waals surface area contributed by atoms with E-state index in [1.165, 1.54) is 5.56 Å². The summed E-state index contributed by atoms with van der Waals surface area (Å²) in [7, 11) is 0. The first kappa shape index (κ1) is 16.0. The molecular weight excluding hydrogens is 380 g/mol. The Labute approximate surface area is 142 Å². The maximum Gasteiger partial charge on any atom is 0.0782 e. The molecule has 2 aromatic rings. The van der Waals surface area contributed by atoms with E-state index in [0.29, 0.717) is 15.1 Å². The van der Waals surface area contributed by atoms with Crippen molar-refractivity contribution in [3.63, 3.8) is 0 Å². The van der Waals surface area contributed by atoms with Crippen molar-refractivity contribution in [3.05, 3.63) is 61.0 Å². The Kier molecular flexibility index (Phi) is 5.25. The Hall–Kier alpha value is -0.410. The molecule has 20 heavy (non-hydrogen) atoms. The largest absolute Gasteiger partial charge is 0.378 e. The van der Waals surface area contributed by atoms with Gasteiger partial charge in [-0.05, 0) is 49.2 Å². The molecule has 1 nitrogen and oxygen atoms in total. The van der Waals surface area contributed by atoms with Crippen LogP contribution in [0.3, 0.4) is 0 Å². The predicted octanol–water partition coefficient (Wildman–Crippen LogP) is 6.89. The second-order valence-electron chi connectivity index (χ2n) is 4.59. The summed E-state index contributed by atoms with van der Waals surface area (Å²) in [6.07, 6.45) is 0. The fourth-order valence-corrected chi connectivity index (χ4v) is 2.89. The fourth-order valence-electron chi connectivity index (χ4n) is 1.94. The van der Waals surface area contributed by atoms with E-state index in [0.717, 1.165) is 15.7 Å². The van der Waals surface area contributed by atoms with Crippen molar-refractivity contribution in [3.8, 4) is 0 Å². The molecule has 106 valence electrons. The van der Waals surface area contributed by atoms with Crippen molar-refractivity contribution in [2.24, 2.45) is 0 Å². The van der Waals surface area contributed by atoms with Crippen molar-refractivity contribution in [2.45, 2.75) is 19.9 Å². The second kappa shape index (κ2) is 6.57. The number of hydrogen-bond donors (Lipinski definition) is 1. The Bertz CT molecular complexity index is 643. The SMILES string of the molecule is Cc1cc(NC(C)c2ccc(Cl)c(Cl)c2Cl)ccc1Br. The standard InChI is InChI=1S/C15H13BrCl3N/c1-8-7-10(3-5-12(8)16)20-9(2)11-4-6-13(17)15(19)14(11)18/h3-7,9,20H,1-2H3. The minimum absolute atomic E-state index is 0.0258. The highest BCUT2D eigenvalue weighted by Crippen LogP contribution is 2.36. The van der Waals surface area contributed by atoms with E-state index in [2.05, 4.69) is 27.3 Å². The summed E-state index contributed by atoms with van der Waals surface area (Å²) in [6.45, 7) is 4.08.